The molecule has 0 heterocycles. The van der Waals surface area contributed by atoms with E-state index in [0.29, 0.717) is 0 Å². The van der Waals surface area contributed by atoms with E-state index >= 15 is 0 Å². The van der Waals surface area contributed by atoms with Crippen molar-refractivity contribution in [3.63, 3.8) is 0 Å². The standard InChI is InChI=1S/C16H25ClN2/c1-19(11-13-6-8-16(17)9-7-13)12-15-5-3-2-4-14(15)10-18/h6-9,14-15H,2-5,10-12,18H2,1H3. The molecule has 2 rings (SSSR count). The van der Waals surface area contributed by atoms with Gasteiger partial charge in [0.1, 0.15) is 0 Å². The molecule has 1 saturated carbocycles. The molecule has 106 valence electrons. The molecule has 1 fully saturated rings. The number of halogens is 1. The Morgan fingerprint density at radius 2 is 1.79 bits per heavy atom. The Morgan fingerprint density at radius 1 is 1.16 bits per heavy atom. The number of nitrogens with two attached hydrogens (primary N) is 1. The molecule has 0 spiro atoms. The Balaban J connectivity index is 1.86. The Labute approximate surface area is 121 Å². The largest absolute Gasteiger partial charge is 0.330 e. The van der Waals surface area contributed by atoms with E-state index in [4.69, 9.17) is 17.3 Å². The molecule has 0 radical (unpaired) electrons. The lowest BCUT2D eigenvalue weighted by molar-refractivity contribution is 0.170. The Morgan fingerprint density at radius 3 is 2.42 bits per heavy atom. The lowest BCUT2D eigenvalue weighted by atomic mass is 9.79. The highest BCUT2D eigenvalue weighted by molar-refractivity contribution is 6.30. The third-order valence-corrected chi connectivity index (χ3v) is 4.53. The normalized spacial score (nSPS) is 23.8. The molecule has 1 aromatic rings. The summed E-state index contributed by atoms with van der Waals surface area (Å²) in [6.07, 6.45) is 5.39. The number of benzene rings is 1. The molecular weight excluding hydrogens is 256 g/mol. The van der Waals surface area contributed by atoms with Crippen LogP contribution < -0.4 is 5.73 Å². The number of hydrogen-bond acceptors (Lipinski definition) is 2. The summed E-state index contributed by atoms with van der Waals surface area (Å²) in [5, 5.41) is 0.807. The lowest BCUT2D eigenvalue weighted by Crippen LogP contribution is -2.35. The van der Waals surface area contributed by atoms with E-state index in [1.54, 1.807) is 0 Å². The van der Waals surface area contributed by atoms with Gasteiger partial charge >= 0.3 is 0 Å². The predicted molar refractivity (Wildman–Crippen MR) is 82.3 cm³/mol. The molecule has 0 saturated heterocycles. The highest BCUT2D eigenvalue weighted by Gasteiger charge is 2.24. The molecule has 0 aromatic heterocycles. The van der Waals surface area contributed by atoms with Crippen molar-refractivity contribution in [2.75, 3.05) is 20.1 Å². The van der Waals surface area contributed by atoms with Crippen molar-refractivity contribution in [1.29, 1.82) is 0 Å². The van der Waals surface area contributed by atoms with Crippen LogP contribution in [0.2, 0.25) is 5.02 Å². The van der Waals surface area contributed by atoms with Crippen molar-refractivity contribution >= 4 is 11.6 Å². The maximum Gasteiger partial charge on any atom is 0.0406 e. The summed E-state index contributed by atoms with van der Waals surface area (Å²) in [6, 6.07) is 8.16. The van der Waals surface area contributed by atoms with Gasteiger partial charge in [-0.25, -0.2) is 0 Å². The maximum absolute atomic E-state index is 5.91. The monoisotopic (exact) mass is 280 g/mol. The van der Waals surface area contributed by atoms with Gasteiger partial charge in [0.05, 0.1) is 0 Å². The summed E-state index contributed by atoms with van der Waals surface area (Å²) < 4.78 is 0. The molecule has 1 aromatic carbocycles. The Kier molecular flexibility index (Phi) is 5.68. The van der Waals surface area contributed by atoms with Crippen LogP contribution in [0.5, 0.6) is 0 Å². The van der Waals surface area contributed by atoms with Crippen LogP contribution in [0, 0.1) is 11.8 Å². The number of hydrogen-bond donors (Lipinski definition) is 1. The summed E-state index contributed by atoms with van der Waals surface area (Å²) in [7, 11) is 2.21. The van der Waals surface area contributed by atoms with E-state index in [2.05, 4.69) is 24.1 Å². The molecule has 2 N–H and O–H groups in total. The first kappa shape index (κ1) is 14.8. The van der Waals surface area contributed by atoms with Crippen LogP contribution in [0.3, 0.4) is 0 Å². The van der Waals surface area contributed by atoms with Crippen LogP contribution in [0.25, 0.3) is 0 Å². The zero-order valence-electron chi connectivity index (χ0n) is 11.8. The molecule has 1 aliphatic carbocycles. The van der Waals surface area contributed by atoms with Gasteiger partial charge in [0.15, 0.2) is 0 Å². The third-order valence-electron chi connectivity index (χ3n) is 4.28. The fourth-order valence-corrected chi connectivity index (χ4v) is 3.33. The van der Waals surface area contributed by atoms with Crippen molar-refractivity contribution in [3.05, 3.63) is 34.9 Å². The van der Waals surface area contributed by atoms with Gasteiger partial charge in [-0.05, 0) is 56.0 Å². The van der Waals surface area contributed by atoms with Gasteiger partial charge in [-0.1, -0.05) is 36.6 Å². The van der Waals surface area contributed by atoms with E-state index < -0.39 is 0 Å². The molecule has 0 aliphatic heterocycles. The summed E-state index contributed by atoms with van der Waals surface area (Å²) in [5.74, 6) is 1.50. The molecule has 2 atom stereocenters. The molecule has 0 amide bonds. The first-order chi connectivity index (χ1) is 9.19. The minimum atomic E-state index is 0.724. The third kappa shape index (κ3) is 4.48. The minimum absolute atomic E-state index is 0.724. The molecule has 1 aliphatic rings. The van der Waals surface area contributed by atoms with Crippen LogP contribution in [0.15, 0.2) is 24.3 Å². The van der Waals surface area contributed by atoms with Gasteiger partial charge in [-0.15, -0.1) is 0 Å². The van der Waals surface area contributed by atoms with Gasteiger partial charge in [0.2, 0.25) is 0 Å². The molecule has 19 heavy (non-hydrogen) atoms. The fraction of sp³-hybridized carbons (Fsp3) is 0.625. The SMILES string of the molecule is CN(Cc1ccc(Cl)cc1)CC1CCCCC1CN. The van der Waals surface area contributed by atoms with Gasteiger partial charge < -0.3 is 10.6 Å². The topological polar surface area (TPSA) is 29.3 Å². The highest BCUT2D eigenvalue weighted by Crippen LogP contribution is 2.30. The Bertz CT molecular complexity index is 377. The van der Waals surface area contributed by atoms with Crippen molar-refractivity contribution in [1.82, 2.24) is 4.90 Å². The second-order valence-corrected chi connectivity index (χ2v) is 6.30. The molecular formula is C16H25ClN2. The van der Waals surface area contributed by atoms with Crippen LogP contribution in [-0.2, 0) is 6.54 Å². The van der Waals surface area contributed by atoms with Crippen molar-refractivity contribution in [2.45, 2.75) is 32.2 Å². The van der Waals surface area contributed by atoms with E-state index in [9.17, 15) is 0 Å². The second kappa shape index (κ2) is 7.28. The highest BCUT2D eigenvalue weighted by atomic mass is 35.5. The summed E-state index contributed by atoms with van der Waals surface area (Å²) in [4.78, 5) is 2.42. The van der Waals surface area contributed by atoms with Gasteiger partial charge in [-0.3, -0.25) is 0 Å². The van der Waals surface area contributed by atoms with Crippen LogP contribution in [0.1, 0.15) is 31.2 Å². The predicted octanol–water partition coefficient (Wildman–Crippen LogP) is 3.54. The van der Waals surface area contributed by atoms with Crippen molar-refractivity contribution in [3.8, 4) is 0 Å². The van der Waals surface area contributed by atoms with Gasteiger partial charge in [0.25, 0.3) is 0 Å². The summed E-state index contributed by atoms with van der Waals surface area (Å²) in [5.41, 5.74) is 7.23. The van der Waals surface area contributed by atoms with Crippen molar-refractivity contribution in [2.24, 2.45) is 17.6 Å². The second-order valence-electron chi connectivity index (χ2n) is 5.86. The molecule has 2 nitrogen and oxygen atoms in total. The molecule has 0 bridgehead atoms. The quantitative estimate of drug-likeness (QED) is 0.894. The van der Waals surface area contributed by atoms with E-state index in [1.165, 1.54) is 31.2 Å². The summed E-state index contributed by atoms with van der Waals surface area (Å²) >= 11 is 5.91. The van der Waals surface area contributed by atoms with Gasteiger partial charge in [0, 0.05) is 18.1 Å². The lowest BCUT2D eigenvalue weighted by Gasteiger charge is -2.33. The van der Waals surface area contributed by atoms with Gasteiger partial charge in [-0.2, -0.15) is 0 Å². The zero-order valence-corrected chi connectivity index (χ0v) is 12.6. The van der Waals surface area contributed by atoms with Crippen molar-refractivity contribution < 1.29 is 0 Å². The first-order valence-corrected chi connectivity index (χ1v) is 7.70. The van der Waals surface area contributed by atoms with E-state index in [0.717, 1.165) is 36.5 Å². The van der Waals surface area contributed by atoms with E-state index in [-0.39, 0.29) is 0 Å². The summed E-state index contributed by atoms with van der Waals surface area (Å²) in [6.45, 7) is 2.99. The smallest absolute Gasteiger partial charge is 0.0406 e. The maximum atomic E-state index is 5.91. The average molecular weight is 281 g/mol. The molecule has 3 heteroatoms. The first-order valence-electron chi connectivity index (χ1n) is 7.32. The van der Waals surface area contributed by atoms with E-state index in [1.807, 2.05) is 12.1 Å². The van der Waals surface area contributed by atoms with Crippen LogP contribution in [-0.4, -0.2) is 25.0 Å². The molecule has 2 unspecified atom stereocenters. The minimum Gasteiger partial charge on any atom is -0.330 e. The van der Waals surface area contributed by atoms with Crippen LogP contribution >= 0.6 is 11.6 Å². The Hall–Kier alpha value is -0.570. The number of rotatable bonds is 5. The van der Waals surface area contributed by atoms with Crippen LogP contribution in [0.4, 0.5) is 0 Å². The average Bonchev–Trinajstić information content (AvgIpc) is 2.42. The number of nitrogens with zero attached hydrogens (tertiary/aromatic N) is 1. The zero-order chi connectivity index (χ0) is 13.7. The fourth-order valence-electron chi connectivity index (χ4n) is 3.20.